The number of piperidine rings is 1. The third-order valence-electron chi connectivity index (χ3n) is 7.15. The number of amides is 1. The Morgan fingerprint density at radius 1 is 0.971 bits per heavy atom. The Labute approximate surface area is 200 Å². The van der Waals surface area contributed by atoms with E-state index >= 15 is 0 Å². The van der Waals surface area contributed by atoms with Crippen LogP contribution in [0.5, 0.6) is 0 Å². The number of fused-ring (bicyclic) bond motifs is 1. The summed E-state index contributed by atoms with van der Waals surface area (Å²) < 4.78 is 1.79. The maximum absolute atomic E-state index is 13.4. The Balaban J connectivity index is 1.26. The van der Waals surface area contributed by atoms with E-state index in [-0.39, 0.29) is 17.4 Å². The minimum Gasteiger partial charge on any atom is -0.351 e. The highest BCUT2D eigenvalue weighted by Crippen LogP contribution is 2.24. The molecule has 178 valence electrons. The van der Waals surface area contributed by atoms with E-state index in [4.69, 9.17) is 4.98 Å². The van der Waals surface area contributed by atoms with E-state index in [1.165, 1.54) is 5.56 Å². The van der Waals surface area contributed by atoms with Gasteiger partial charge in [0.1, 0.15) is 0 Å². The molecule has 0 bridgehead atoms. The fraction of sp³-hybridized carbons (Fsp3) is 0.444. The first-order valence-electron chi connectivity index (χ1n) is 12.4. The first-order valence-corrected chi connectivity index (χ1v) is 12.4. The summed E-state index contributed by atoms with van der Waals surface area (Å²) in [5, 5.41) is 0. The molecule has 0 N–H and O–H groups in total. The minimum absolute atomic E-state index is 0.0659. The molecule has 1 unspecified atom stereocenters. The molecule has 1 atom stereocenters. The number of carbonyl (C=O) groups excluding carboxylic acids is 1. The summed E-state index contributed by atoms with van der Waals surface area (Å²) in [5.74, 6) is 0.614. The second-order valence-corrected chi connectivity index (χ2v) is 9.35. The van der Waals surface area contributed by atoms with Crippen molar-refractivity contribution in [2.45, 2.75) is 32.9 Å². The van der Waals surface area contributed by atoms with E-state index in [1.807, 2.05) is 47.1 Å². The summed E-state index contributed by atoms with van der Waals surface area (Å²) in [4.78, 5) is 37.8. The van der Waals surface area contributed by atoms with E-state index in [0.717, 1.165) is 63.1 Å². The molecule has 2 fully saturated rings. The summed E-state index contributed by atoms with van der Waals surface area (Å²) in [6.45, 7) is 8.15. The van der Waals surface area contributed by atoms with Gasteiger partial charge in [-0.3, -0.25) is 14.5 Å². The average Bonchev–Trinajstić information content (AvgIpc) is 2.89. The van der Waals surface area contributed by atoms with Crippen LogP contribution in [0.3, 0.4) is 0 Å². The summed E-state index contributed by atoms with van der Waals surface area (Å²) >= 11 is 0. The standard InChI is InChI=1S/C27H33N5O2/c1-2-32-24-13-7-6-12-23(24)28-25(27(32)34)31-14-8-11-22(20-31)26(33)30-17-15-29(16-18-30)19-21-9-4-3-5-10-21/h3-7,9-10,12-13,22H,2,8,11,14-20H2,1H3. The van der Waals surface area contributed by atoms with E-state index in [9.17, 15) is 9.59 Å². The number of para-hydroxylation sites is 2. The molecule has 2 aliphatic rings. The second kappa shape index (κ2) is 9.97. The number of hydrogen-bond acceptors (Lipinski definition) is 5. The van der Waals surface area contributed by atoms with Crippen LogP contribution in [-0.4, -0.2) is 64.5 Å². The first-order chi connectivity index (χ1) is 16.6. The Bertz CT molecular complexity index is 1200. The summed E-state index contributed by atoms with van der Waals surface area (Å²) in [5.41, 5.74) is 2.92. The molecule has 1 amide bonds. The SMILES string of the molecule is CCn1c(=O)c(N2CCCC(C(=O)N3CCN(Cc4ccccc4)CC3)C2)nc2ccccc21. The Morgan fingerprint density at radius 3 is 2.47 bits per heavy atom. The molecular weight excluding hydrogens is 426 g/mol. The third kappa shape index (κ3) is 4.57. The normalized spacial score (nSPS) is 19.5. The molecule has 3 aromatic rings. The highest BCUT2D eigenvalue weighted by atomic mass is 16.2. The molecular formula is C27H33N5O2. The van der Waals surface area contributed by atoms with Crippen LogP contribution in [-0.2, 0) is 17.9 Å². The van der Waals surface area contributed by atoms with Gasteiger partial charge in [-0.2, -0.15) is 0 Å². The minimum atomic E-state index is -0.0860. The lowest BCUT2D eigenvalue weighted by atomic mass is 9.96. The van der Waals surface area contributed by atoms with Crippen LogP contribution in [0.15, 0.2) is 59.4 Å². The first kappa shape index (κ1) is 22.6. The molecule has 0 aliphatic carbocycles. The molecule has 0 saturated carbocycles. The molecule has 3 heterocycles. The van der Waals surface area contributed by atoms with Crippen LogP contribution in [0.1, 0.15) is 25.3 Å². The Morgan fingerprint density at radius 2 is 1.71 bits per heavy atom. The van der Waals surface area contributed by atoms with Gasteiger partial charge in [0.25, 0.3) is 5.56 Å². The van der Waals surface area contributed by atoms with E-state index in [0.29, 0.717) is 18.9 Å². The van der Waals surface area contributed by atoms with Gasteiger partial charge in [0.2, 0.25) is 5.91 Å². The number of nitrogens with zero attached hydrogens (tertiary/aromatic N) is 5. The zero-order chi connectivity index (χ0) is 23.5. The highest BCUT2D eigenvalue weighted by Gasteiger charge is 2.32. The predicted molar refractivity (Wildman–Crippen MR) is 135 cm³/mol. The molecule has 0 spiro atoms. The topological polar surface area (TPSA) is 61.7 Å². The monoisotopic (exact) mass is 459 g/mol. The van der Waals surface area contributed by atoms with E-state index in [1.54, 1.807) is 4.57 Å². The van der Waals surface area contributed by atoms with Crippen LogP contribution >= 0.6 is 0 Å². The van der Waals surface area contributed by atoms with Crippen LogP contribution in [0.2, 0.25) is 0 Å². The number of aromatic nitrogens is 2. The van der Waals surface area contributed by atoms with Crippen LogP contribution < -0.4 is 10.5 Å². The Hall–Kier alpha value is -3.19. The van der Waals surface area contributed by atoms with Gasteiger partial charge in [-0.05, 0) is 37.5 Å². The fourth-order valence-electron chi connectivity index (χ4n) is 5.30. The molecule has 0 radical (unpaired) electrons. The number of hydrogen-bond donors (Lipinski definition) is 0. The van der Waals surface area contributed by atoms with Crippen LogP contribution in [0.4, 0.5) is 5.82 Å². The van der Waals surface area contributed by atoms with Gasteiger partial charge in [-0.15, -0.1) is 0 Å². The summed E-state index contributed by atoms with van der Waals surface area (Å²) in [7, 11) is 0. The number of benzene rings is 2. The van der Waals surface area contributed by atoms with E-state index in [2.05, 4.69) is 29.2 Å². The number of piperazine rings is 1. The molecule has 2 aromatic carbocycles. The van der Waals surface area contributed by atoms with Crippen molar-refractivity contribution < 1.29 is 4.79 Å². The zero-order valence-corrected chi connectivity index (χ0v) is 19.9. The van der Waals surface area contributed by atoms with Crippen molar-refractivity contribution >= 4 is 22.8 Å². The molecule has 34 heavy (non-hydrogen) atoms. The van der Waals surface area contributed by atoms with Gasteiger partial charge in [-0.25, -0.2) is 4.98 Å². The van der Waals surface area contributed by atoms with Gasteiger partial charge in [-0.1, -0.05) is 42.5 Å². The summed E-state index contributed by atoms with van der Waals surface area (Å²) in [6.07, 6.45) is 1.76. The number of anilines is 1. The van der Waals surface area contributed by atoms with Crippen molar-refractivity contribution in [3.8, 4) is 0 Å². The fourth-order valence-corrected chi connectivity index (χ4v) is 5.30. The van der Waals surface area contributed by atoms with Gasteiger partial charge in [0.15, 0.2) is 5.82 Å². The molecule has 7 nitrogen and oxygen atoms in total. The summed E-state index contributed by atoms with van der Waals surface area (Å²) in [6, 6.07) is 18.3. The van der Waals surface area contributed by atoms with Gasteiger partial charge in [0, 0.05) is 52.4 Å². The number of aryl methyl sites for hydroxylation is 1. The molecule has 5 rings (SSSR count). The quantitative estimate of drug-likeness (QED) is 0.587. The van der Waals surface area contributed by atoms with Crippen molar-refractivity contribution in [3.63, 3.8) is 0 Å². The third-order valence-corrected chi connectivity index (χ3v) is 7.15. The second-order valence-electron chi connectivity index (χ2n) is 9.35. The molecule has 1 aromatic heterocycles. The average molecular weight is 460 g/mol. The lowest BCUT2D eigenvalue weighted by Gasteiger charge is -2.39. The molecule has 2 saturated heterocycles. The van der Waals surface area contributed by atoms with Crippen molar-refractivity contribution in [1.82, 2.24) is 19.4 Å². The van der Waals surface area contributed by atoms with Crippen LogP contribution in [0, 0.1) is 5.92 Å². The van der Waals surface area contributed by atoms with E-state index < -0.39 is 0 Å². The van der Waals surface area contributed by atoms with Gasteiger partial charge >= 0.3 is 0 Å². The van der Waals surface area contributed by atoms with Crippen molar-refractivity contribution in [2.75, 3.05) is 44.2 Å². The lowest BCUT2D eigenvalue weighted by Crippen LogP contribution is -2.52. The number of rotatable bonds is 5. The van der Waals surface area contributed by atoms with Gasteiger partial charge < -0.3 is 14.4 Å². The maximum atomic E-state index is 13.4. The van der Waals surface area contributed by atoms with Gasteiger partial charge in [0.05, 0.1) is 17.0 Å². The highest BCUT2D eigenvalue weighted by molar-refractivity contribution is 5.80. The zero-order valence-electron chi connectivity index (χ0n) is 19.9. The molecule has 7 heteroatoms. The van der Waals surface area contributed by atoms with Crippen molar-refractivity contribution in [2.24, 2.45) is 5.92 Å². The molecule has 2 aliphatic heterocycles. The van der Waals surface area contributed by atoms with Crippen LogP contribution in [0.25, 0.3) is 11.0 Å². The predicted octanol–water partition coefficient (Wildman–Crippen LogP) is 2.98. The number of carbonyl (C=O) groups is 1. The maximum Gasteiger partial charge on any atom is 0.293 e. The lowest BCUT2D eigenvalue weighted by molar-refractivity contribution is -0.137. The smallest absolute Gasteiger partial charge is 0.293 e. The Kier molecular flexibility index (Phi) is 6.63. The largest absolute Gasteiger partial charge is 0.351 e. The van der Waals surface area contributed by atoms with Crippen molar-refractivity contribution in [3.05, 3.63) is 70.5 Å². The van der Waals surface area contributed by atoms with Crippen molar-refractivity contribution in [1.29, 1.82) is 0 Å².